The van der Waals surface area contributed by atoms with E-state index in [9.17, 15) is 9.59 Å². The summed E-state index contributed by atoms with van der Waals surface area (Å²) in [6, 6.07) is 8.53. The standard InChI is InChI=1S/C14H18O4/c1-3-10(4-2)12(15)13(14(16)17)18-11-8-6-5-7-9-11/h5-10,13H,3-4H2,1-2H3,(H,16,17). The maximum Gasteiger partial charge on any atom is 0.352 e. The monoisotopic (exact) mass is 250 g/mol. The van der Waals surface area contributed by atoms with Gasteiger partial charge in [-0.05, 0) is 25.0 Å². The molecule has 18 heavy (non-hydrogen) atoms. The number of hydrogen-bond donors (Lipinski definition) is 1. The predicted octanol–water partition coefficient (Wildman–Crippen LogP) is 2.52. The van der Waals surface area contributed by atoms with Crippen molar-refractivity contribution in [1.82, 2.24) is 0 Å². The van der Waals surface area contributed by atoms with Gasteiger partial charge in [-0.2, -0.15) is 0 Å². The van der Waals surface area contributed by atoms with Crippen LogP contribution in [-0.4, -0.2) is 23.0 Å². The minimum absolute atomic E-state index is 0.269. The van der Waals surface area contributed by atoms with Gasteiger partial charge in [-0.1, -0.05) is 32.0 Å². The molecule has 1 N–H and O–H groups in total. The lowest BCUT2D eigenvalue weighted by Crippen LogP contribution is -2.39. The molecule has 1 aromatic carbocycles. The van der Waals surface area contributed by atoms with Crippen LogP contribution in [0.15, 0.2) is 30.3 Å². The molecule has 1 atom stereocenters. The third-order valence-corrected chi connectivity index (χ3v) is 2.87. The fourth-order valence-electron chi connectivity index (χ4n) is 1.77. The summed E-state index contributed by atoms with van der Waals surface area (Å²) in [6.45, 7) is 3.74. The Balaban J connectivity index is 2.84. The Hall–Kier alpha value is -1.84. The van der Waals surface area contributed by atoms with Gasteiger partial charge < -0.3 is 9.84 Å². The van der Waals surface area contributed by atoms with Gasteiger partial charge in [0.1, 0.15) is 5.75 Å². The third-order valence-electron chi connectivity index (χ3n) is 2.87. The van der Waals surface area contributed by atoms with E-state index in [0.29, 0.717) is 18.6 Å². The zero-order valence-corrected chi connectivity index (χ0v) is 10.6. The van der Waals surface area contributed by atoms with Crippen LogP contribution in [0.25, 0.3) is 0 Å². The highest BCUT2D eigenvalue weighted by molar-refractivity contribution is 6.02. The molecule has 98 valence electrons. The topological polar surface area (TPSA) is 63.6 Å². The van der Waals surface area contributed by atoms with Gasteiger partial charge in [0.15, 0.2) is 5.78 Å². The first kappa shape index (κ1) is 14.2. The molecule has 4 heteroatoms. The van der Waals surface area contributed by atoms with E-state index in [1.165, 1.54) is 0 Å². The van der Waals surface area contributed by atoms with E-state index in [1.807, 2.05) is 13.8 Å². The van der Waals surface area contributed by atoms with Gasteiger partial charge in [-0.15, -0.1) is 0 Å². The molecule has 0 aromatic heterocycles. The van der Waals surface area contributed by atoms with Gasteiger partial charge in [0.2, 0.25) is 0 Å². The first-order chi connectivity index (χ1) is 8.60. The van der Waals surface area contributed by atoms with Gasteiger partial charge in [0.05, 0.1) is 0 Å². The largest absolute Gasteiger partial charge is 0.478 e. The van der Waals surface area contributed by atoms with Crippen LogP contribution in [0.1, 0.15) is 26.7 Å². The second kappa shape index (κ2) is 6.79. The first-order valence-electron chi connectivity index (χ1n) is 6.08. The summed E-state index contributed by atoms with van der Waals surface area (Å²) in [4.78, 5) is 23.2. The van der Waals surface area contributed by atoms with E-state index < -0.39 is 12.1 Å². The zero-order chi connectivity index (χ0) is 13.5. The van der Waals surface area contributed by atoms with Crippen molar-refractivity contribution in [3.63, 3.8) is 0 Å². The second-order valence-electron chi connectivity index (χ2n) is 4.06. The number of carbonyl (C=O) groups is 2. The van der Waals surface area contributed by atoms with E-state index >= 15 is 0 Å². The molecule has 0 fully saturated rings. The summed E-state index contributed by atoms with van der Waals surface area (Å²) in [6.07, 6.45) is -0.175. The van der Waals surface area contributed by atoms with Crippen LogP contribution >= 0.6 is 0 Å². The zero-order valence-electron chi connectivity index (χ0n) is 10.6. The van der Waals surface area contributed by atoms with Gasteiger partial charge in [0.25, 0.3) is 6.10 Å². The Labute approximate surface area is 107 Å². The van der Waals surface area contributed by atoms with Crippen molar-refractivity contribution in [2.75, 3.05) is 0 Å². The highest BCUT2D eigenvalue weighted by atomic mass is 16.5. The Morgan fingerprint density at radius 3 is 2.17 bits per heavy atom. The normalized spacial score (nSPS) is 12.2. The molecule has 0 aliphatic heterocycles. The van der Waals surface area contributed by atoms with Crippen molar-refractivity contribution < 1.29 is 19.4 Å². The van der Waals surface area contributed by atoms with E-state index in [2.05, 4.69) is 0 Å². The van der Waals surface area contributed by atoms with Gasteiger partial charge in [-0.25, -0.2) is 4.79 Å². The number of rotatable bonds is 7. The molecule has 0 saturated heterocycles. The smallest absolute Gasteiger partial charge is 0.352 e. The summed E-state index contributed by atoms with van der Waals surface area (Å²) in [5.41, 5.74) is 0. The van der Waals surface area contributed by atoms with E-state index in [-0.39, 0.29) is 11.7 Å². The Morgan fingerprint density at radius 1 is 1.17 bits per heavy atom. The lowest BCUT2D eigenvalue weighted by molar-refractivity contribution is -0.151. The molecule has 1 unspecified atom stereocenters. The Morgan fingerprint density at radius 2 is 1.72 bits per heavy atom. The number of ether oxygens (including phenoxy) is 1. The molecule has 0 spiro atoms. The number of benzene rings is 1. The number of aliphatic carboxylic acids is 1. The van der Waals surface area contributed by atoms with Crippen LogP contribution in [0.2, 0.25) is 0 Å². The number of carboxylic acid groups (broad SMARTS) is 1. The van der Waals surface area contributed by atoms with Crippen LogP contribution in [0.3, 0.4) is 0 Å². The number of hydrogen-bond acceptors (Lipinski definition) is 3. The first-order valence-corrected chi connectivity index (χ1v) is 6.08. The maximum absolute atomic E-state index is 12.0. The van der Waals surface area contributed by atoms with Gasteiger partial charge in [-0.3, -0.25) is 4.79 Å². The molecule has 4 nitrogen and oxygen atoms in total. The lowest BCUT2D eigenvalue weighted by Gasteiger charge is -2.18. The minimum Gasteiger partial charge on any atom is -0.478 e. The lowest BCUT2D eigenvalue weighted by atomic mass is 9.94. The number of ketones is 1. The summed E-state index contributed by atoms with van der Waals surface area (Å²) >= 11 is 0. The van der Waals surface area contributed by atoms with E-state index in [1.54, 1.807) is 30.3 Å². The molecular formula is C14H18O4. The average molecular weight is 250 g/mol. The molecule has 1 aromatic rings. The maximum atomic E-state index is 12.0. The number of carboxylic acids is 1. The van der Waals surface area contributed by atoms with E-state index in [0.717, 1.165) is 0 Å². The Kier molecular flexibility index (Phi) is 5.36. The molecule has 0 amide bonds. The molecule has 0 aliphatic carbocycles. The van der Waals surface area contributed by atoms with Crippen molar-refractivity contribution in [2.45, 2.75) is 32.8 Å². The number of Topliss-reactive ketones (excluding diaryl/α,β-unsaturated/α-hetero) is 1. The van der Waals surface area contributed by atoms with Crippen LogP contribution < -0.4 is 4.74 Å². The molecule has 0 radical (unpaired) electrons. The van der Waals surface area contributed by atoms with Crippen molar-refractivity contribution in [1.29, 1.82) is 0 Å². The summed E-state index contributed by atoms with van der Waals surface area (Å²) < 4.78 is 5.27. The van der Waals surface area contributed by atoms with Gasteiger partial charge >= 0.3 is 5.97 Å². The van der Waals surface area contributed by atoms with Crippen molar-refractivity contribution in [2.24, 2.45) is 5.92 Å². The molecule has 0 aliphatic rings. The highest BCUT2D eigenvalue weighted by Crippen LogP contribution is 2.17. The third kappa shape index (κ3) is 3.58. The Bertz CT molecular complexity index is 396. The highest BCUT2D eigenvalue weighted by Gasteiger charge is 2.32. The molecule has 0 heterocycles. The minimum atomic E-state index is -1.42. The van der Waals surface area contributed by atoms with Crippen LogP contribution in [-0.2, 0) is 9.59 Å². The van der Waals surface area contributed by atoms with Crippen LogP contribution in [0.5, 0.6) is 5.75 Å². The fraction of sp³-hybridized carbons (Fsp3) is 0.429. The molecule has 0 saturated carbocycles. The summed E-state index contributed by atoms with van der Waals surface area (Å²) in [5.74, 6) is -1.48. The summed E-state index contributed by atoms with van der Waals surface area (Å²) in [7, 11) is 0. The quantitative estimate of drug-likeness (QED) is 0.755. The summed E-state index contributed by atoms with van der Waals surface area (Å²) in [5, 5.41) is 9.10. The van der Waals surface area contributed by atoms with Crippen LogP contribution in [0, 0.1) is 5.92 Å². The molecular weight excluding hydrogens is 232 g/mol. The SMILES string of the molecule is CCC(CC)C(=O)C(Oc1ccccc1)C(=O)O. The molecule has 0 bridgehead atoms. The van der Waals surface area contributed by atoms with E-state index in [4.69, 9.17) is 9.84 Å². The van der Waals surface area contributed by atoms with Crippen LogP contribution in [0.4, 0.5) is 0 Å². The van der Waals surface area contributed by atoms with Crippen molar-refractivity contribution in [3.8, 4) is 5.75 Å². The number of carbonyl (C=O) groups excluding carboxylic acids is 1. The molecule has 1 rings (SSSR count). The van der Waals surface area contributed by atoms with Crippen molar-refractivity contribution >= 4 is 11.8 Å². The van der Waals surface area contributed by atoms with Gasteiger partial charge in [0, 0.05) is 5.92 Å². The number of para-hydroxylation sites is 1. The predicted molar refractivity (Wildman–Crippen MR) is 67.6 cm³/mol. The van der Waals surface area contributed by atoms with Crippen molar-refractivity contribution in [3.05, 3.63) is 30.3 Å². The second-order valence-corrected chi connectivity index (χ2v) is 4.06. The fourth-order valence-corrected chi connectivity index (χ4v) is 1.77. The average Bonchev–Trinajstić information content (AvgIpc) is 2.38.